The molecule has 2 N–H and O–H groups in total. The lowest BCUT2D eigenvalue weighted by Gasteiger charge is -2.16. The van der Waals surface area contributed by atoms with Gasteiger partial charge in [0.1, 0.15) is 0 Å². The average Bonchev–Trinajstić information content (AvgIpc) is 2.76. The Balaban J connectivity index is 1.56. The van der Waals surface area contributed by atoms with Crippen LogP contribution in [-0.2, 0) is 10.5 Å². The van der Waals surface area contributed by atoms with Gasteiger partial charge in [0.25, 0.3) is 5.91 Å². The van der Waals surface area contributed by atoms with Gasteiger partial charge in [-0.2, -0.15) is 0 Å². The van der Waals surface area contributed by atoms with Crippen LogP contribution >= 0.6 is 23.4 Å². The Labute approximate surface area is 186 Å². The van der Waals surface area contributed by atoms with Crippen molar-refractivity contribution < 1.29 is 9.59 Å². The minimum atomic E-state index is -0.226. The van der Waals surface area contributed by atoms with Crippen LogP contribution in [0, 0.1) is 0 Å². The molecule has 3 rings (SSSR count). The molecular formula is C24H23ClN2O2S. The molecule has 0 aromatic heterocycles. The molecule has 0 spiro atoms. The Hall–Kier alpha value is -2.76. The minimum Gasteiger partial charge on any atom is -0.345 e. The number of hydrogen-bond acceptors (Lipinski definition) is 3. The van der Waals surface area contributed by atoms with Crippen LogP contribution in [0.1, 0.15) is 34.5 Å². The van der Waals surface area contributed by atoms with Gasteiger partial charge in [0, 0.05) is 10.8 Å². The van der Waals surface area contributed by atoms with Crippen molar-refractivity contribution in [3.63, 3.8) is 0 Å². The molecule has 0 aliphatic heterocycles. The second kappa shape index (κ2) is 10.9. The minimum absolute atomic E-state index is 0.141. The molecule has 4 nitrogen and oxygen atoms in total. The number of amides is 2. The predicted octanol–water partition coefficient (Wildman–Crippen LogP) is 5.70. The molecule has 0 saturated heterocycles. The zero-order chi connectivity index (χ0) is 21.3. The van der Waals surface area contributed by atoms with E-state index in [1.165, 1.54) is 11.8 Å². The van der Waals surface area contributed by atoms with Crippen molar-refractivity contribution in [1.82, 2.24) is 5.32 Å². The summed E-state index contributed by atoms with van der Waals surface area (Å²) in [7, 11) is 0. The third kappa shape index (κ3) is 6.37. The van der Waals surface area contributed by atoms with Crippen molar-refractivity contribution in [2.45, 2.75) is 18.7 Å². The Morgan fingerprint density at radius 2 is 1.60 bits per heavy atom. The molecule has 0 aliphatic carbocycles. The van der Waals surface area contributed by atoms with Crippen LogP contribution in [0.15, 0.2) is 78.9 Å². The summed E-state index contributed by atoms with van der Waals surface area (Å²) in [6.45, 7) is 1.93. The lowest BCUT2D eigenvalue weighted by atomic mass is 10.1. The van der Waals surface area contributed by atoms with E-state index < -0.39 is 0 Å². The van der Waals surface area contributed by atoms with E-state index in [1.807, 2.05) is 61.5 Å². The van der Waals surface area contributed by atoms with Crippen molar-refractivity contribution in [2.24, 2.45) is 0 Å². The fraction of sp³-hybridized carbons (Fsp3) is 0.167. The van der Waals surface area contributed by atoms with Gasteiger partial charge in [-0.15, -0.1) is 11.8 Å². The van der Waals surface area contributed by atoms with Crippen LogP contribution in [0.2, 0.25) is 5.02 Å². The molecule has 0 saturated carbocycles. The third-order valence-corrected chi connectivity index (χ3v) is 5.76. The number of benzene rings is 3. The Morgan fingerprint density at radius 3 is 2.33 bits per heavy atom. The van der Waals surface area contributed by atoms with Crippen molar-refractivity contribution in [3.05, 3.63) is 101 Å². The molecule has 0 fully saturated rings. The zero-order valence-corrected chi connectivity index (χ0v) is 18.2. The van der Waals surface area contributed by atoms with Crippen LogP contribution in [0.25, 0.3) is 0 Å². The number of rotatable bonds is 8. The highest BCUT2D eigenvalue weighted by molar-refractivity contribution is 7.99. The summed E-state index contributed by atoms with van der Waals surface area (Å²) in [6.07, 6.45) is 0. The second-order valence-electron chi connectivity index (χ2n) is 6.82. The van der Waals surface area contributed by atoms with Gasteiger partial charge in [-0.3, -0.25) is 9.59 Å². The highest BCUT2D eigenvalue weighted by Gasteiger charge is 2.16. The molecule has 0 radical (unpaired) electrons. The fourth-order valence-corrected chi connectivity index (χ4v) is 3.83. The summed E-state index contributed by atoms with van der Waals surface area (Å²) in [5.41, 5.74) is 3.07. The molecule has 0 bridgehead atoms. The maximum Gasteiger partial charge on any atom is 0.253 e. The van der Waals surface area contributed by atoms with Crippen molar-refractivity contribution in [1.29, 1.82) is 0 Å². The molecule has 30 heavy (non-hydrogen) atoms. The fourth-order valence-electron chi connectivity index (χ4n) is 2.92. The van der Waals surface area contributed by atoms with E-state index in [4.69, 9.17) is 11.6 Å². The molecule has 154 valence electrons. The van der Waals surface area contributed by atoms with Gasteiger partial charge in [0.2, 0.25) is 5.91 Å². The predicted molar refractivity (Wildman–Crippen MR) is 125 cm³/mol. The Bertz CT molecular complexity index is 994. The van der Waals surface area contributed by atoms with Gasteiger partial charge in [-0.05, 0) is 42.3 Å². The van der Waals surface area contributed by atoms with Gasteiger partial charge >= 0.3 is 0 Å². The first kappa shape index (κ1) is 21.9. The molecule has 0 aliphatic rings. The molecule has 6 heteroatoms. The van der Waals surface area contributed by atoms with Crippen LogP contribution in [0.4, 0.5) is 5.69 Å². The number of hydrogen-bond donors (Lipinski definition) is 2. The lowest BCUT2D eigenvalue weighted by Crippen LogP contribution is -2.28. The number of carbonyl (C=O) groups is 2. The topological polar surface area (TPSA) is 58.2 Å². The van der Waals surface area contributed by atoms with E-state index in [2.05, 4.69) is 10.6 Å². The summed E-state index contributed by atoms with van der Waals surface area (Å²) < 4.78 is 0. The number of anilines is 1. The molecule has 2 amide bonds. The SMILES string of the molecule is C[C@@H](NC(=O)c1ccccc1NC(=O)CSCc1ccc(Cl)cc1)c1ccccc1. The van der Waals surface area contributed by atoms with Crippen molar-refractivity contribution in [2.75, 3.05) is 11.1 Å². The highest BCUT2D eigenvalue weighted by atomic mass is 35.5. The molecule has 3 aromatic rings. The molecular weight excluding hydrogens is 416 g/mol. The first-order chi connectivity index (χ1) is 14.5. The number of thioether (sulfide) groups is 1. The molecule has 0 unspecified atom stereocenters. The van der Waals surface area contributed by atoms with Crippen molar-refractivity contribution in [3.8, 4) is 0 Å². The third-order valence-electron chi connectivity index (χ3n) is 4.51. The van der Waals surface area contributed by atoms with Crippen LogP contribution < -0.4 is 10.6 Å². The van der Waals surface area contributed by atoms with Gasteiger partial charge in [0.15, 0.2) is 0 Å². The first-order valence-electron chi connectivity index (χ1n) is 9.60. The number of para-hydroxylation sites is 1. The standard InChI is InChI=1S/C24H23ClN2O2S/c1-17(19-7-3-2-4-8-19)26-24(29)21-9-5-6-10-22(21)27-23(28)16-30-15-18-11-13-20(25)14-12-18/h2-14,17H,15-16H2,1H3,(H,26,29)(H,27,28)/t17-/m1/s1. The summed E-state index contributed by atoms with van der Waals surface area (Å²) in [5.74, 6) is 0.627. The first-order valence-corrected chi connectivity index (χ1v) is 11.1. The van der Waals surface area contributed by atoms with Gasteiger partial charge in [-0.25, -0.2) is 0 Å². The number of nitrogens with one attached hydrogen (secondary N) is 2. The van der Waals surface area contributed by atoms with Crippen molar-refractivity contribution >= 4 is 40.9 Å². The summed E-state index contributed by atoms with van der Waals surface area (Å²) in [6, 6.07) is 24.2. The Kier molecular flexibility index (Phi) is 7.94. The largest absolute Gasteiger partial charge is 0.345 e. The van der Waals surface area contributed by atoms with Crippen LogP contribution in [0.3, 0.4) is 0 Å². The molecule has 3 aromatic carbocycles. The van der Waals surface area contributed by atoms with E-state index in [0.29, 0.717) is 27.8 Å². The van der Waals surface area contributed by atoms with E-state index in [-0.39, 0.29) is 17.9 Å². The normalized spacial score (nSPS) is 11.5. The maximum absolute atomic E-state index is 12.8. The number of halogens is 1. The van der Waals surface area contributed by atoms with E-state index in [0.717, 1.165) is 11.1 Å². The average molecular weight is 439 g/mol. The summed E-state index contributed by atoms with van der Waals surface area (Å²) >= 11 is 7.40. The van der Waals surface area contributed by atoms with E-state index in [1.54, 1.807) is 24.3 Å². The van der Waals surface area contributed by atoms with E-state index in [9.17, 15) is 9.59 Å². The molecule has 0 heterocycles. The summed E-state index contributed by atoms with van der Waals surface area (Å²) in [4.78, 5) is 25.2. The highest BCUT2D eigenvalue weighted by Crippen LogP contribution is 2.19. The maximum atomic E-state index is 12.8. The number of carbonyl (C=O) groups excluding carboxylic acids is 2. The smallest absolute Gasteiger partial charge is 0.253 e. The van der Waals surface area contributed by atoms with Gasteiger partial charge in [0.05, 0.1) is 23.0 Å². The quantitative estimate of drug-likeness (QED) is 0.474. The Morgan fingerprint density at radius 1 is 0.933 bits per heavy atom. The second-order valence-corrected chi connectivity index (χ2v) is 8.24. The molecule has 1 atom stereocenters. The monoisotopic (exact) mass is 438 g/mol. The van der Waals surface area contributed by atoms with E-state index >= 15 is 0 Å². The summed E-state index contributed by atoms with van der Waals surface area (Å²) in [5, 5.41) is 6.54. The van der Waals surface area contributed by atoms with Gasteiger partial charge < -0.3 is 10.6 Å². The van der Waals surface area contributed by atoms with Gasteiger partial charge in [-0.1, -0.05) is 66.2 Å². The van der Waals surface area contributed by atoms with Crippen LogP contribution in [0.5, 0.6) is 0 Å². The van der Waals surface area contributed by atoms with Crippen LogP contribution in [-0.4, -0.2) is 17.6 Å². The lowest BCUT2D eigenvalue weighted by molar-refractivity contribution is -0.113. The zero-order valence-electron chi connectivity index (χ0n) is 16.6.